The number of aryl methyl sites for hydroxylation is 1. The van der Waals surface area contributed by atoms with Crippen molar-refractivity contribution in [3.63, 3.8) is 0 Å². The molecule has 0 spiro atoms. The first-order chi connectivity index (χ1) is 14.2. The fraction of sp³-hybridized carbons (Fsp3) is 0.0500. The molecule has 0 aliphatic rings. The molecule has 2 aromatic carbocycles. The SMILES string of the molecule is Cn1c(-c2nc(C(=O)Nc3ccc(-n4cnnn4)cc3)cs2)cc2ccccc21. The van der Waals surface area contributed by atoms with Gasteiger partial charge < -0.3 is 9.88 Å². The molecule has 0 aliphatic heterocycles. The first-order valence-corrected chi connectivity index (χ1v) is 9.72. The lowest BCUT2D eigenvalue weighted by molar-refractivity contribution is 0.102. The Morgan fingerprint density at radius 3 is 2.69 bits per heavy atom. The molecule has 1 N–H and O–H groups in total. The van der Waals surface area contributed by atoms with E-state index in [-0.39, 0.29) is 5.91 Å². The maximum Gasteiger partial charge on any atom is 0.275 e. The number of aromatic nitrogens is 6. The van der Waals surface area contributed by atoms with Crippen LogP contribution in [0.25, 0.3) is 27.3 Å². The number of tetrazole rings is 1. The molecule has 0 atom stereocenters. The summed E-state index contributed by atoms with van der Waals surface area (Å²) in [5, 5.41) is 17.7. The summed E-state index contributed by atoms with van der Waals surface area (Å²) in [7, 11) is 2.00. The van der Waals surface area contributed by atoms with Gasteiger partial charge in [-0.2, -0.15) is 0 Å². The van der Waals surface area contributed by atoms with E-state index in [9.17, 15) is 4.79 Å². The topological polar surface area (TPSA) is 90.5 Å². The van der Waals surface area contributed by atoms with Crippen molar-refractivity contribution in [1.29, 1.82) is 0 Å². The van der Waals surface area contributed by atoms with Crippen molar-refractivity contribution >= 4 is 33.8 Å². The van der Waals surface area contributed by atoms with Crippen LogP contribution in [-0.4, -0.2) is 35.7 Å². The number of fused-ring (bicyclic) bond motifs is 1. The second-order valence-corrected chi connectivity index (χ2v) is 7.30. The molecule has 0 aliphatic carbocycles. The van der Waals surface area contributed by atoms with Gasteiger partial charge in [-0.25, -0.2) is 9.67 Å². The zero-order valence-electron chi connectivity index (χ0n) is 15.4. The maximum atomic E-state index is 12.6. The molecule has 142 valence electrons. The van der Waals surface area contributed by atoms with Crippen LogP contribution in [0.15, 0.2) is 66.3 Å². The van der Waals surface area contributed by atoms with Gasteiger partial charge in [0.25, 0.3) is 5.91 Å². The zero-order valence-corrected chi connectivity index (χ0v) is 16.2. The Bertz CT molecular complexity index is 1300. The average molecular weight is 401 g/mol. The lowest BCUT2D eigenvalue weighted by atomic mass is 10.2. The molecule has 29 heavy (non-hydrogen) atoms. The number of hydrogen-bond acceptors (Lipinski definition) is 6. The minimum atomic E-state index is -0.249. The third kappa shape index (κ3) is 3.17. The number of anilines is 1. The number of carbonyl (C=O) groups is 1. The minimum absolute atomic E-state index is 0.249. The Morgan fingerprint density at radius 1 is 1.10 bits per heavy atom. The number of rotatable bonds is 4. The number of benzene rings is 2. The largest absolute Gasteiger partial charge is 0.342 e. The van der Waals surface area contributed by atoms with Crippen LogP contribution < -0.4 is 5.32 Å². The van der Waals surface area contributed by atoms with Crippen molar-refractivity contribution in [3.05, 3.63) is 72.0 Å². The van der Waals surface area contributed by atoms with E-state index >= 15 is 0 Å². The Labute approximate surface area is 169 Å². The monoisotopic (exact) mass is 401 g/mol. The molecule has 9 heteroatoms. The summed E-state index contributed by atoms with van der Waals surface area (Å²) in [4.78, 5) is 17.2. The second-order valence-electron chi connectivity index (χ2n) is 6.44. The van der Waals surface area contributed by atoms with E-state index in [0.717, 1.165) is 27.3 Å². The van der Waals surface area contributed by atoms with Gasteiger partial charge in [-0.3, -0.25) is 4.79 Å². The highest BCUT2D eigenvalue weighted by atomic mass is 32.1. The molecule has 0 unspecified atom stereocenters. The molecule has 1 amide bonds. The van der Waals surface area contributed by atoms with Crippen molar-refractivity contribution in [2.75, 3.05) is 5.32 Å². The van der Waals surface area contributed by atoms with E-state index in [2.05, 4.69) is 48.6 Å². The molecular formula is C20H15N7OS. The molecule has 0 fully saturated rings. The summed E-state index contributed by atoms with van der Waals surface area (Å²) in [5.41, 5.74) is 3.98. The van der Waals surface area contributed by atoms with Gasteiger partial charge in [-0.1, -0.05) is 18.2 Å². The fourth-order valence-corrected chi connectivity index (χ4v) is 4.01. The van der Waals surface area contributed by atoms with Gasteiger partial charge in [0.05, 0.1) is 11.4 Å². The van der Waals surface area contributed by atoms with E-state index < -0.39 is 0 Å². The molecule has 0 bridgehead atoms. The zero-order chi connectivity index (χ0) is 19.8. The van der Waals surface area contributed by atoms with Crippen molar-refractivity contribution in [1.82, 2.24) is 29.8 Å². The molecule has 8 nitrogen and oxygen atoms in total. The third-order valence-electron chi connectivity index (χ3n) is 4.65. The van der Waals surface area contributed by atoms with E-state index in [1.807, 2.05) is 31.3 Å². The number of nitrogens with one attached hydrogen (secondary N) is 1. The molecule has 0 radical (unpaired) electrons. The van der Waals surface area contributed by atoms with Crippen molar-refractivity contribution in [3.8, 4) is 16.4 Å². The summed E-state index contributed by atoms with van der Waals surface area (Å²) in [6.45, 7) is 0. The van der Waals surface area contributed by atoms with E-state index in [1.165, 1.54) is 17.7 Å². The van der Waals surface area contributed by atoms with Crippen LogP contribution in [0.4, 0.5) is 5.69 Å². The fourth-order valence-electron chi connectivity index (χ4n) is 3.16. The molecule has 5 rings (SSSR count). The van der Waals surface area contributed by atoms with Gasteiger partial charge in [0.1, 0.15) is 17.0 Å². The number of thiazole rings is 1. The smallest absolute Gasteiger partial charge is 0.275 e. The van der Waals surface area contributed by atoms with Gasteiger partial charge in [-0.15, -0.1) is 16.4 Å². The quantitative estimate of drug-likeness (QED) is 0.497. The molecular weight excluding hydrogens is 386 g/mol. The number of amides is 1. The standard InChI is InChI=1S/C20H15N7OS/c1-26-17-5-3-2-4-13(17)10-18(26)20-23-16(11-29-20)19(28)22-14-6-8-15(9-7-14)27-12-21-24-25-27/h2-12H,1H3,(H,22,28). The first-order valence-electron chi connectivity index (χ1n) is 8.84. The van der Waals surface area contributed by atoms with Crippen LogP contribution in [0.1, 0.15) is 10.5 Å². The minimum Gasteiger partial charge on any atom is -0.342 e. The van der Waals surface area contributed by atoms with E-state index in [0.29, 0.717) is 11.4 Å². The van der Waals surface area contributed by atoms with Crippen LogP contribution >= 0.6 is 11.3 Å². The summed E-state index contributed by atoms with van der Waals surface area (Å²) in [6.07, 6.45) is 1.51. The molecule has 3 heterocycles. The lowest BCUT2D eigenvalue weighted by Crippen LogP contribution is -2.12. The second kappa shape index (κ2) is 6.95. The van der Waals surface area contributed by atoms with Crippen molar-refractivity contribution < 1.29 is 4.79 Å². The van der Waals surface area contributed by atoms with Gasteiger partial charge >= 0.3 is 0 Å². The predicted molar refractivity (Wildman–Crippen MR) is 111 cm³/mol. The number of carbonyl (C=O) groups excluding carboxylic acids is 1. The highest BCUT2D eigenvalue weighted by Gasteiger charge is 2.15. The van der Waals surface area contributed by atoms with Crippen molar-refractivity contribution in [2.24, 2.45) is 7.05 Å². The highest BCUT2D eigenvalue weighted by molar-refractivity contribution is 7.13. The summed E-state index contributed by atoms with van der Waals surface area (Å²) < 4.78 is 3.63. The first kappa shape index (κ1) is 17.3. The predicted octanol–water partition coefficient (Wildman–Crippen LogP) is 3.53. The van der Waals surface area contributed by atoms with Crippen LogP contribution in [0.2, 0.25) is 0 Å². The van der Waals surface area contributed by atoms with Crippen LogP contribution in [0.3, 0.4) is 0 Å². The summed E-state index contributed by atoms with van der Waals surface area (Å²) in [5.74, 6) is -0.249. The Morgan fingerprint density at radius 2 is 1.93 bits per heavy atom. The third-order valence-corrected chi connectivity index (χ3v) is 5.51. The summed E-state index contributed by atoms with van der Waals surface area (Å²) >= 11 is 1.45. The highest BCUT2D eigenvalue weighted by Crippen LogP contribution is 2.29. The van der Waals surface area contributed by atoms with Crippen LogP contribution in [0, 0.1) is 0 Å². The maximum absolute atomic E-state index is 12.6. The Hall–Kier alpha value is -3.85. The van der Waals surface area contributed by atoms with Crippen molar-refractivity contribution in [2.45, 2.75) is 0 Å². The van der Waals surface area contributed by atoms with Gasteiger partial charge in [0.2, 0.25) is 0 Å². The van der Waals surface area contributed by atoms with Crippen LogP contribution in [-0.2, 0) is 7.05 Å². The van der Waals surface area contributed by atoms with E-state index in [1.54, 1.807) is 22.2 Å². The van der Waals surface area contributed by atoms with E-state index in [4.69, 9.17) is 0 Å². The van der Waals surface area contributed by atoms with Gasteiger partial charge in [-0.05, 0) is 46.8 Å². The van der Waals surface area contributed by atoms with Crippen LogP contribution in [0.5, 0.6) is 0 Å². The molecule has 5 aromatic rings. The van der Waals surface area contributed by atoms with Gasteiger partial charge in [0, 0.05) is 29.0 Å². The summed E-state index contributed by atoms with van der Waals surface area (Å²) in [6, 6.07) is 17.5. The van der Waals surface area contributed by atoms with Gasteiger partial charge in [0.15, 0.2) is 0 Å². The number of para-hydroxylation sites is 1. The molecule has 3 aromatic heterocycles. The normalized spacial score (nSPS) is 11.1. The lowest BCUT2D eigenvalue weighted by Gasteiger charge is -2.05. The Balaban J connectivity index is 1.36. The number of hydrogen-bond donors (Lipinski definition) is 1. The number of nitrogens with zero attached hydrogens (tertiary/aromatic N) is 6. The average Bonchev–Trinajstić information content (AvgIpc) is 3.49. The Kier molecular flexibility index (Phi) is 4.14. The molecule has 0 saturated carbocycles. The molecule has 0 saturated heterocycles.